The third-order valence-corrected chi connectivity index (χ3v) is 11.1. The maximum Gasteiger partial charge on any atom is 0.262 e. The Morgan fingerprint density at radius 2 is 1.70 bits per heavy atom. The van der Waals surface area contributed by atoms with E-state index in [1.54, 1.807) is 30.3 Å². The fourth-order valence-electron chi connectivity index (χ4n) is 5.74. The molecule has 3 amide bonds. The number of unbranched alkanes of at least 4 members (excludes halogenated alkanes) is 1. The molecule has 0 saturated heterocycles. The van der Waals surface area contributed by atoms with Crippen LogP contribution in [0.2, 0.25) is 0 Å². The third-order valence-electron chi connectivity index (χ3n) is 8.35. The van der Waals surface area contributed by atoms with Crippen molar-refractivity contribution in [2.75, 3.05) is 36.6 Å². The molecule has 4 rings (SSSR count). The van der Waals surface area contributed by atoms with E-state index in [4.69, 9.17) is 9.94 Å². The summed E-state index contributed by atoms with van der Waals surface area (Å²) < 4.78 is 34.3. The van der Waals surface area contributed by atoms with Crippen molar-refractivity contribution in [2.45, 2.75) is 55.4 Å². The number of nitrogens with zero attached hydrogens (tertiary/aromatic N) is 1. The van der Waals surface area contributed by atoms with Gasteiger partial charge >= 0.3 is 0 Å². The summed E-state index contributed by atoms with van der Waals surface area (Å²) in [4.78, 5) is 40.4. The molecule has 0 aliphatic carbocycles. The summed E-state index contributed by atoms with van der Waals surface area (Å²) in [6.07, 6.45) is 5.20. The van der Waals surface area contributed by atoms with Crippen LogP contribution in [0.25, 0.3) is 0 Å². The van der Waals surface area contributed by atoms with Crippen LogP contribution >= 0.6 is 11.8 Å². The van der Waals surface area contributed by atoms with E-state index in [1.807, 2.05) is 42.7 Å². The number of hydroxylamine groups is 1. The number of sulfone groups is 1. The summed E-state index contributed by atoms with van der Waals surface area (Å²) in [6, 6.07) is 20.4. The summed E-state index contributed by atoms with van der Waals surface area (Å²) >= 11 is 1.37. The van der Waals surface area contributed by atoms with E-state index >= 15 is 0 Å². The number of carbonyl (C=O) groups is 3. The van der Waals surface area contributed by atoms with E-state index in [2.05, 4.69) is 29.4 Å². The standard InChI is InChI=1S/C34H42N4O7S2/c1-4-6-17-34(5-2)22-38(25-15-11-8-12-16-25)26-18-28(46-3)27(19-29(26)47(43,44)23-34)45-21-31(40)36-32(24-13-9-7-10-14-24)33(41)35-20-30(39)37-42/h7-16,18-19,32,42H,4-6,17,20-23H2,1-3H3,(H,35,41)(H,36,40)(H,37,39)/t32-,34?/m1/s1. The Morgan fingerprint density at radius 3 is 2.32 bits per heavy atom. The average molecular weight is 683 g/mol. The number of benzene rings is 3. The number of fused-ring (bicyclic) bond motifs is 1. The first-order chi connectivity index (χ1) is 22.6. The Hall–Kier alpha value is -4.07. The van der Waals surface area contributed by atoms with E-state index in [0.29, 0.717) is 29.1 Å². The van der Waals surface area contributed by atoms with Crippen LogP contribution in [-0.2, 0) is 24.2 Å². The molecule has 1 heterocycles. The van der Waals surface area contributed by atoms with Crippen molar-refractivity contribution in [1.82, 2.24) is 16.1 Å². The number of rotatable bonds is 14. The van der Waals surface area contributed by atoms with Crippen molar-refractivity contribution >= 4 is 50.7 Å². The monoisotopic (exact) mass is 682 g/mol. The molecule has 252 valence electrons. The lowest BCUT2D eigenvalue weighted by Crippen LogP contribution is -2.44. The van der Waals surface area contributed by atoms with Crippen LogP contribution in [0.5, 0.6) is 5.75 Å². The first kappa shape index (κ1) is 35.8. The van der Waals surface area contributed by atoms with Crippen molar-refractivity contribution in [3.63, 3.8) is 0 Å². The summed E-state index contributed by atoms with van der Waals surface area (Å²) in [5.74, 6) is -1.90. The van der Waals surface area contributed by atoms with E-state index < -0.39 is 52.2 Å². The summed E-state index contributed by atoms with van der Waals surface area (Å²) in [7, 11) is -3.77. The highest BCUT2D eigenvalue weighted by Gasteiger charge is 2.42. The van der Waals surface area contributed by atoms with Crippen LogP contribution in [0.1, 0.15) is 51.1 Å². The topological polar surface area (TPSA) is 154 Å². The highest BCUT2D eigenvalue weighted by molar-refractivity contribution is 7.98. The minimum absolute atomic E-state index is 0.00640. The zero-order valence-corrected chi connectivity index (χ0v) is 28.5. The van der Waals surface area contributed by atoms with Gasteiger partial charge in [-0.1, -0.05) is 75.2 Å². The molecule has 0 radical (unpaired) electrons. The zero-order valence-electron chi connectivity index (χ0n) is 26.8. The lowest BCUT2D eigenvalue weighted by Gasteiger charge is -2.36. The van der Waals surface area contributed by atoms with Gasteiger partial charge in [-0.2, -0.15) is 0 Å². The van der Waals surface area contributed by atoms with Gasteiger partial charge in [-0.25, -0.2) is 13.9 Å². The van der Waals surface area contributed by atoms with Gasteiger partial charge in [-0.3, -0.25) is 19.6 Å². The molecule has 0 aromatic heterocycles. The molecule has 47 heavy (non-hydrogen) atoms. The largest absolute Gasteiger partial charge is 0.483 e. The molecule has 4 N–H and O–H groups in total. The van der Waals surface area contributed by atoms with Gasteiger partial charge in [0.25, 0.3) is 11.8 Å². The van der Waals surface area contributed by atoms with Crippen LogP contribution in [0.3, 0.4) is 0 Å². The minimum atomic E-state index is -3.77. The number of para-hydroxylation sites is 1. The number of carbonyl (C=O) groups excluding carboxylic acids is 3. The highest BCUT2D eigenvalue weighted by Crippen LogP contribution is 2.47. The molecule has 13 heteroatoms. The summed E-state index contributed by atoms with van der Waals surface area (Å²) in [6.45, 7) is 3.70. The van der Waals surface area contributed by atoms with Gasteiger partial charge in [0.2, 0.25) is 5.91 Å². The Morgan fingerprint density at radius 1 is 1.02 bits per heavy atom. The van der Waals surface area contributed by atoms with Gasteiger partial charge in [0.15, 0.2) is 16.4 Å². The van der Waals surface area contributed by atoms with Crippen molar-refractivity contribution in [3.05, 3.63) is 78.4 Å². The van der Waals surface area contributed by atoms with E-state index in [9.17, 15) is 22.8 Å². The van der Waals surface area contributed by atoms with Crippen LogP contribution in [0.15, 0.2) is 82.6 Å². The molecule has 11 nitrogen and oxygen atoms in total. The molecule has 1 unspecified atom stereocenters. The Kier molecular flexibility index (Phi) is 12.3. The lowest BCUT2D eigenvalue weighted by atomic mass is 9.81. The zero-order chi connectivity index (χ0) is 34.0. The molecule has 2 atom stereocenters. The molecule has 0 fully saturated rings. The fourth-order valence-corrected chi connectivity index (χ4v) is 8.47. The number of anilines is 2. The lowest BCUT2D eigenvalue weighted by molar-refractivity contribution is -0.133. The SMILES string of the molecule is CCCCC1(CC)CN(c2ccccc2)c2cc(SC)c(OCC(=O)N[C@@H](C(=O)NCC(=O)NO)c3ccccc3)cc2S(=O)(=O)C1. The smallest absolute Gasteiger partial charge is 0.262 e. The molecule has 0 spiro atoms. The number of amides is 3. The van der Waals surface area contributed by atoms with E-state index in [-0.39, 0.29) is 16.4 Å². The fraction of sp³-hybridized carbons (Fsp3) is 0.382. The van der Waals surface area contributed by atoms with Gasteiger partial charge in [0, 0.05) is 23.7 Å². The quantitative estimate of drug-likeness (QED) is 0.107. The van der Waals surface area contributed by atoms with Gasteiger partial charge in [-0.15, -0.1) is 11.8 Å². The van der Waals surface area contributed by atoms with Crippen LogP contribution in [0, 0.1) is 5.41 Å². The summed E-state index contributed by atoms with van der Waals surface area (Å²) in [5, 5.41) is 13.8. The van der Waals surface area contributed by atoms with E-state index in [0.717, 1.165) is 24.9 Å². The molecule has 1 aliphatic rings. The van der Waals surface area contributed by atoms with E-state index in [1.165, 1.54) is 23.3 Å². The maximum atomic E-state index is 14.1. The first-order valence-electron chi connectivity index (χ1n) is 15.5. The average Bonchev–Trinajstić information content (AvgIpc) is 3.19. The Balaban J connectivity index is 1.65. The second kappa shape index (κ2) is 16.2. The molecule has 0 bridgehead atoms. The molecule has 3 aromatic carbocycles. The Bertz CT molecular complexity index is 1660. The number of hydrogen-bond acceptors (Lipinski definition) is 9. The molecular formula is C34H42N4O7S2. The van der Waals surface area contributed by atoms with Crippen molar-refractivity contribution in [1.29, 1.82) is 0 Å². The summed E-state index contributed by atoms with van der Waals surface area (Å²) in [5.41, 5.74) is 2.90. The second-order valence-electron chi connectivity index (χ2n) is 11.6. The number of hydrogen-bond donors (Lipinski definition) is 4. The van der Waals surface area contributed by atoms with Crippen LogP contribution in [0.4, 0.5) is 11.4 Å². The molecule has 0 saturated carbocycles. The highest BCUT2D eigenvalue weighted by atomic mass is 32.2. The predicted molar refractivity (Wildman–Crippen MR) is 182 cm³/mol. The normalized spacial score (nSPS) is 17.5. The molecule has 3 aromatic rings. The molecule has 1 aliphatic heterocycles. The second-order valence-corrected chi connectivity index (χ2v) is 14.4. The third kappa shape index (κ3) is 8.85. The van der Waals surface area contributed by atoms with Crippen molar-refractivity contribution < 1.29 is 32.7 Å². The minimum Gasteiger partial charge on any atom is -0.483 e. The maximum absolute atomic E-state index is 14.1. The van der Waals surface area contributed by atoms with Crippen molar-refractivity contribution in [2.24, 2.45) is 5.41 Å². The number of thioether (sulfide) groups is 1. The first-order valence-corrected chi connectivity index (χ1v) is 18.4. The number of ether oxygens (including phenoxy) is 1. The predicted octanol–water partition coefficient (Wildman–Crippen LogP) is 4.78. The van der Waals surface area contributed by atoms with Gasteiger partial charge in [0.05, 0.1) is 27.8 Å². The van der Waals surface area contributed by atoms with Gasteiger partial charge < -0.3 is 20.3 Å². The van der Waals surface area contributed by atoms with Gasteiger partial charge in [0.1, 0.15) is 11.8 Å². The molecular weight excluding hydrogens is 641 g/mol. The van der Waals surface area contributed by atoms with Gasteiger partial charge in [-0.05, 0) is 42.9 Å². The Labute approximate surface area is 280 Å². The van der Waals surface area contributed by atoms with Crippen LogP contribution in [-0.4, -0.2) is 63.1 Å². The van der Waals surface area contributed by atoms with Crippen molar-refractivity contribution in [3.8, 4) is 5.75 Å². The number of nitrogens with one attached hydrogen (secondary N) is 3. The van der Waals surface area contributed by atoms with Crippen LogP contribution < -0.4 is 25.8 Å².